The molecule has 1 saturated heterocycles. The van der Waals surface area contributed by atoms with Crippen molar-refractivity contribution in [1.82, 2.24) is 4.90 Å². The van der Waals surface area contributed by atoms with E-state index in [4.69, 9.17) is 0 Å². The number of anilines is 1. The van der Waals surface area contributed by atoms with Crippen molar-refractivity contribution in [2.75, 3.05) is 32.1 Å². The summed E-state index contributed by atoms with van der Waals surface area (Å²) >= 11 is 0. The summed E-state index contributed by atoms with van der Waals surface area (Å²) in [7, 11) is 4.53. The van der Waals surface area contributed by atoms with E-state index in [9.17, 15) is 0 Å². The lowest BCUT2D eigenvalue weighted by molar-refractivity contribution is 0.331. The fraction of sp³-hybridized carbons (Fsp3) is 0.600. The van der Waals surface area contributed by atoms with E-state index < -0.39 is 0 Å². The Balaban J connectivity index is 2.03. The van der Waals surface area contributed by atoms with Gasteiger partial charge >= 0.3 is 0 Å². The lowest BCUT2D eigenvalue weighted by Crippen LogP contribution is -2.32. The summed E-state index contributed by atoms with van der Waals surface area (Å²) in [5, 5.41) is 0. The Hall–Kier alpha value is -1.02. The highest BCUT2D eigenvalue weighted by Gasteiger charge is 2.37. The third-order valence-electron chi connectivity index (χ3n) is 4.47. The van der Waals surface area contributed by atoms with E-state index in [2.05, 4.69) is 49.0 Å². The van der Waals surface area contributed by atoms with Crippen LogP contribution >= 0.6 is 0 Å². The van der Waals surface area contributed by atoms with Crippen LogP contribution < -0.4 is 4.90 Å². The van der Waals surface area contributed by atoms with Crippen molar-refractivity contribution < 1.29 is 0 Å². The minimum absolute atomic E-state index is 0.711. The third-order valence-corrected chi connectivity index (χ3v) is 4.47. The maximum atomic E-state index is 2.51. The van der Waals surface area contributed by atoms with Crippen LogP contribution in [0.5, 0.6) is 0 Å². The summed E-state index contributed by atoms with van der Waals surface area (Å²) in [6.45, 7) is 4.67. The Kier molecular flexibility index (Phi) is 2.62. The number of benzene rings is 1. The molecule has 92 valence electrons. The van der Waals surface area contributed by atoms with Crippen molar-refractivity contribution in [3.05, 3.63) is 29.3 Å². The predicted octanol–water partition coefficient (Wildman–Crippen LogP) is 2.62. The van der Waals surface area contributed by atoms with E-state index in [0.29, 0.717) is 5.92 Å². The van der Waals surface area contributed by atoms with E-state index in [1.54, 1.807) is 5.56 Å². The van der Waals surface area contributed by atoms with Gasteiger partial charge in [0.15, 0.2) is 0 Å². The molecule has 2 aliphatic heterocycles. The Morgan fingerprint density at radius 3 is 2.88 bits per heavy atom. The van der Waals surface area contributed by atoms with Crippen molar-refractivity contribution in [2.45, 2.75) is 31.7 Å². The molecule has 2 aliphatic rings. The van der Waals surface area contributed by atoms with Gasteiger partial charge in [-0.3, -0.25) is 0 Å². The second kappa shape index (κ2) is 4.02. The molecule has 0 saturated carbocycles. The van der Waals surface area contributed by atoms with Crippen molar-refractivity contribution in [2.24, 2.45) is 0 Å². The van der Waals surface area contributed by atoms with Crippen LogP contribution in [0.3, 0.4) is 0 Å². The number of likely N-dealkylation sites (tertiary alicyclic amines) is 1. The van der Waals surface area contributed by atoms with Gasteiger partial charge in [-0.05, 0) is 45.0 Å². The van der Waals surface area contributed by atoms with Gasteiger partial charge in [0.25, 0.3) is 0 Å². The molecule has 0 aromatic heterocycles. The summed E-state index contributed by atoms with van der Waals surface area (Å²) in [6, 6.07) is 7.66. The molecule has 2 heterocycles. The van der Waals surface area contributed by atoms with Gasteiger partial charge < -0.3 is 9.80 Å². The van der Waals surface area contributed by atoms with Gasteiger partial charge in [-0.15, -0.1) is 0 Å². The van der Waals surface area contributed by atoms with Crippen LogP contribution in [0.1, 0.15) is 29.9 Å². The first kappa shape index (κ1) is 11.1. The van der Waals surface area contributed by atoms with Gasteiger partial charge in [0.05, 0.1) is 0 Å². The van der Waals surface area contributed by atoms with Crippen LogP contribution in [0, 0.1) is 6.92 Å². The van der Waals surface area contributed by atoms with Gasteiger partial charge in [0, 0.05) is 31.2 Å². The van der Waals surface area contributed by atoms with E-state index in [-0.39, 0.29) is 0 Å². The van der Waals surface area contributed by atoms with Crippen molar-refractivity contribution in [1.29, 1.82) is 0 Å². The second-order valence-electron chi connectivity index (χ2n) is 5.75. The van der Waals surface area contributed by atoms with E-state index in [0.717, 1.165) is 6.04 Å². The molecule has 1 fully saturated rings. The Morgan fingerprint density at radius 2 is 2.06 bits per heavy atom. The molecular formula is C15H22N2. The van der Waals surface area contributed by atoms with Gasteiger partial charge in [-0.25, -0.2) is 0 Å². The average Bonchev–Trinajstić information content (AvgIpc) is 2.48. The molecule has 2 atom stereocenters. The van der Waals surface area contributed by atoms with Gasteiger partial charge in [-0.1, -0.05) is 17.7 Å². The molecule has 0 radical (unpaired) electrons. The third kappa shape index (κ3) is 1.75. The summed E-state index contributed by atoms with van der Waals surface area (Å²) in [5.74, 6) is 0.711. The molecule has 2 heteroatoms. The molecule has 0 bridgehead atoms. The maximum Gasteiger partial charge on any atom is 0.0403 e. The smallest absolute Gasteiger partial charge is 0.0403 e. The average molecular weight is 230 g/mol. The molecule has 0 N–H and O–H groups in total. The fourth-order valence-electron chi connectivity index (χ4n) is 3.56. The first-order valence-corrected chi connectivity index (χ1v) is 6.69. The molecule has 3 rings (SSSR count). The summed E-state index contributed by atoms with van der Waals surface area (Å²) in [6.07, 6.45) is 2.66. The minimum Gasteiger partial charge on any atom is -0.371 e. The normalized spacial score (nSPS) is 28.8. The Bertz CT molecular complexity index is 427. The van der Waals surface area contributed by atoms with Crippen LogP contribution in [0.25, 0.3) is 0 Å². The van der Waals surface area contributed by atoms with Crippen LogP contribution in [0.15, 0.2) is 18.2 Å². The monoisotopic (exact) mass is 230 g/mol. The van der Waals surface area contributed by atoms with Crippen LogP contribution in [0.4, 0.5) is 5.69 Å². The van der Waals surface area contributed by atoms with E-state index >= 15 is 0 Å². The molecule has 2 nitrogen and oxygen atoms in total. The highest BCUT2D eigenvalue weighted by molar-refractivity contribution is 5.62. The van der Waals surface area contributed by atoms with Crippen molar-refractivity contribution in [3.63, 3.8) is 0 Å². The summed E-state index contributed by atoms with van der Waals surface area (Å²) < 4.78 is 0. The Morgan fingerprint density at radius 1 is 1.24 bits per heavy atom. The second-order valence-corrected chi connectivity index (χ2v) is 5.75. The summed E-state index contributed by atoms with van der Waals surface area (Å²) in [5.41, 5.74) is 4.43. The molecule has 2 unspecified atom stereocenters. The summed E-state index contributed by atoms with van der Waals surface area (Å²) in [4.78, 5) is 5.01. The lowest BCUT2D eigenvalue weighted by atomic mass is 9.92. The zero-order chi connectivity index (χ0) is 12.0. The largest absolute Gasteiger partial charge is 0.371 e. The number of nitrogens with zero attached hydrogens (tertiary/aromatic N) is 2. The van der Waals surface area contributed by atoms with Gasteiger partial charge in [-0.2, -0.15) is 0 Å². The number of aryl methyl sites for hydroxylation is 1. The van der Waals surface area contributed by atoms with Crippen LogP contribution in [0.2, 0.25) is 0 Å². The predicted molar refractivity (Wildman–Crippen MR) is 72.8 cm³/mol. The highest BCUT2D eigenvalue weighted by atomic mass is 15.2. The number of rotatable bonds is 0. The molecule has 17 heavy (non-hydrogen) atoms. The molecular weight excluding hydrogens is 208 g/mol. The molecule has 0 aliphatic carbocycles. The fourth-order valence-corrected chi connectivity index (χ4v) is 3.56. The van der Waals surface area contributed by atoms with Crippen molar-refractivity contribution >= 4 is 5.69 Å². The molecule has 1 aromatic rings. The number of fused-ring (bicyclic) bond motifs is 3. The molecule has 0 amide bonds. The zero-order valence-electron chi connectivity index (χ0n) is 11.1. The van der Waals surface area contributed by atoms with Crippen molar-refractivity contribution in [3.8, 4) is 0 Å². The zero-order valence-corrected chi connectivity index (χ0v) is 11.1. The number of likely N-dealkylation sites (N-methyl/N-ethyl adjacent to an activating group) is 2. The number of hydrogen-bond acceptors (Lipinski definition) is 2. The van der Waals surface area contributed by atoms with Gasteiger partial charge in [0.1, 0.15) is 0 Å². The van der Waals surface area contributed by atoms with Crippen LogP contribution in [-0.4, -0.2) is 38.1 Å². The first-order valence-electron chi connectivity index (χ1n) is 6.69. The first-order chi connectivity index (χ1) is 8.16. The standard InChI is InChI=1S/C15H22N2/c1-11-6-7-15-12(9-11)13-10-16(2)8-4-5-14(13)17(15)3/h6-7,9,13-14H,4-5,8,10H2,1-3H3. The minimum atomic E-state index is 0.711. The maximum absolute atomic E-state index is 2.51. The van der Waals surface area contributed by atoms with E-state index in [1.807, 2.05) is 0 Å². The highest BCUT2D eigenvalue weighted by Crippen LogP contribution is 2.43. The molecule has 0 spiro atoms. The molecule has 1 aromatic carbocycles. The van der Waals surface area contributed by atoms with E-state index in [1.165, 1.54) is 37.2 Å². The quantitative estimate of drug-likeness (QED) is 0.676. The SMILES string of the molecule is Cc1ccc2c(c1)C1CN(C)CCCC1N2C. The Labute approximate surface area is 104 Å². The van der Waals surface area contributed by atoms with Gasteiger partial charge in [0.2, 0.25) is 0 Å². The number of hydrogen-bond donors (Lipinski definition) is 0. The topological polar surface area (TPSA) is 6.48 Å². The lowest BCUT2D eigenvalue weighted by Gasteiger charge is -2.25. The van der Waals surface area contributed by atoms with Crippen LogP contribution in [-0.2, 0) is 0 Å².